The van der Waals surface area contributed by atoms with Crippen LogP contribution in [-0.4, -0.2) is 23.3 Å². The van der Waals surface area contributed by atoms with E-state index in [1.807, 2.05) is 32.6 Å². The van der Waals surface area contributed by atoms with Crippen molar-refractivity contribution in [1.29, 1.82) is 10.5 Å². The van der Waals surface area contributed by atoms with Gasteiger partial charge in [-0.25, -0.2) is 0 Å². The summed E-state index contributed by atoms with van der Waals surface area (Å²) < 4.78 is 0. The molecule has 0 radical (unpaired) electrons. The molecule has 0 fully saturated rings. The highest BCUT2D eigenvalue weighted by atomic mass is 15.3. The quantitative estimate of drug-likeness (QED) is 0.807. The van der Waals surface area contributed by atoms with Gasteiger partial charge in [-0.1, -0.05) is 0 Å². The van der Waals surface area contributed by atoms with E-state index < -0.39 is 0 Å². The Bertz CT molecular complexity index is 509. The molecule has 0 N–H and O–H groups in total. The fourth-order valence-corrected chi connectivity index (χ4v) is 1.69. The molecule has 5 heteroatoms. The lowest BCUT2D eigenvalue weighted by molar-refractivity contribution is 0.672. The number of hydrogen-bond acceptors (Lipinski definition) is 5. The van der Waals surface area contributed by atoms with Crippen LogP contribution in [0.4, 0.5) is 5.82 Å². The third-order valence-corrected chi connectivity index (χ3v) is 2.94. The summed E-state index contributed by atoms with van der Waals surface area (Å²) in [6.45, 7) is 8.77. The summed E-state index contributed by atoms with van der Waals surface area (Å²) in [5.41, 5.74) is 2.17. The lowest BCUT2D eigenvalue weighted by Gasteiger charge is -2.24. The molecule has 1 aromatic rings. The Morgan fingerprint density at radius 2 is 1.94 bits per heavy atom. The normalized spacial score (nSPS) is 11.4. The van der Waals surface area contributed by atoms with E-state index in [4.69, 9.17) is 5.26 Å². The van der Waals surface area contributed by atoms with Crippen LogP contribution in [0.15, 0.2) is 0 Å². The average molecular weight is 243 g/mol. The Morgan fingerprint density at radius 1 is 1.28 bits per heavy atom. The summed E-state index contributed by atoms with van der Waals surface area (Å²) in [6.07, 6.45) is 0. The van der Waals surface area contributed by atoms with Gasteiger partial charge in [0.1, 0.15) is 11.6 Å². The number of aromatic nitrogens is 2. The van der Waals surface area contributed by atoms with Gasteiger partial charge in [0.25, 0.3) is 0 Å². The Labute approximate surface area is 108 Å². The molecule has 18 heavy (non-hydrogen) atoms. The van der Waals surface area contributed by atoms with E-state index in [0.717, 1.165) is 11.3 Å². The molecule has 0 aliphatic carbocycles. The van der Waals surface area contributed by atoms with Crippen molar-refractivity contribution in [2.45, 2.75) is 27.7 Å². The predicted molar refractivity (Wildman–Crippen MR) is 68.9 cm³/mol. The topological polar surface area (TPSA) is 76.6 Å². The summed E-state index contributed by atoms with van der Waals surface area (Å²) in [5.74, 6) is 0.463. The van der Waals surface area contributed by atoms with Crippen LogP contribution in [0.1, 0.15) is 30.7 Å². The highest BCUT2D eigenvalue weighted by Gasteiger charge is 2.17. The van der Waals surface area contributed by atoms with Gasteiger partial charge >= 0.3 is 0 Å². The molecule has 0 aromatic carbocycles. The van der Waals surface area contributed by atoms with Gasteiger partial charge in [-0.3, -0.25) is 0 Å². The second-order valence-electron chi connectivity index (χ2n) is 4.29. The van der Waals surface area contributed by atoms with E-state index in [2.05, 4.69) is 22.3 Å². The molecule has 0 amide bonds. The highest BCUT2D eigenvalue weighted by molar-refractivity contribution is 5.57. The molecule has 0 saturated heterocycles. The molecule has 1 unspecified atom stereocenters. The van der Waals surface area contributed by atoms with Crippen LogP contribution < -0.4 is 4.90 Å². The van der Waals surface area contributed by atoms with E-state index in [1.165, 1.54) is 0 Å². The van der Waals surface area contributed by atoms with Gasteiger partial charge in [-0.05, 0) is 33.3 Å². The third-order valence-electron chi connectivity index (χ3n) is 2.94. The van der Waals surface area contributed by atoms with Gasteiger partial charge in [-0.15, -0.1) is 5.10 Å². The Morgan fingerprint density at radius 3 is 2.44 bits per heavy atom. The van der Waals surface area contributed by atoms with Crippen molar-refractivity contribution < 1.29 is 0 Å². The van der Waals surface area contributed by atoms with E-state index in [9.17, 15) is 5.26 Å². The monoisotopic (exact) mass is 243 g/mol. The van der Waals surface area contributed by atoms with Gasteiger partial charge in [0, 0.05) is 13.1 Å². The van der Waals surface area contributed by atoms with Gasteiger partial charge in [-0.2, -0.15) is 15.6 Å². The van der Waals surface area contributed by atoms with Gasteiger partial charge in [0.05, 0.1) is 17.7 Å². The molecule has 0 aliphatic heterocycles. The molecule has 1 rings (SSSR count). The van der Waals surface area contributed by atoms with Gasteiger partial charge in [0.15, 0.2) is 5.82 Å². The molecular weight excluding hydrogens is 226 g/mol. The molecule has 1 heterocycles. The van der Waals surface area contributed by atoms with Gasteiger partial charge in [0.2, 0.25) is 0 Å². The van der Waals surface area contributed by atoms with Crippen molar-refractivity contribution >= 4 is 5.82 Å². The minimum Gasteiger partial charge on any atom is -0.353 e. The number of anilines is 1. The number of rotatable bonds is 4. The average Bonchev–Trinajstić information content (AvgIpc) is 2.38. The minimum absolute atomic E-state index is 0.111. The summed E-state index contributed by atoms with van der Waals surface area (Å²) in [4.78, 5) is 1.92. The fraction of sp³-hybridized carbons (Fsp3) is 0.538. The number of aryl methyl sites for hydroxylation is 1. The second kappa shape index (κ2) is 5.97. The predicted octanol–water partition coefficient (Wildman–Crippen LogP) is 1.95. The van der Waals surface area contributed by atoms with Gasteiger partial charge < -0.3 is 4.90 Å². The zero-order valence-corrected chi connectivity index (χ0v) is 11.2. The zero-order chi connectivity index (χ0) is 13.7. The van der Waals surface area contributed by atoms with Crippen LogP contribution in [0.2, 0.25) is 0 Å². The zero-order valence-electron chi connectivity index (χ0n) is 11.2. The van der Waals surface area contributed by atoms with Crippen LogP contribution in [0.5, 0.6) is 0 Å². The molecule has 0 saturated carbocycles. The molecule has 1 atom stereocenters. The van der Waals surface area contributed by atoms with Crippen LogP contribution >= 0.6 is 0 Å². The second-order valence-corrected chi connectivity index (χ2v) is 4.29. The van der Waals surface area contributed by atoms with E-state index in [1.54, 1.807) is 0 Å². The molecule has 0 bridgehead atoms. The fourth-order valence-electron chi connectivity index (χ4n) is 1.69. The Kier molecular flexibility index (Phi) is 4.62. The highest BCUT2D eigenvalue weighted by Crippen LogP contribution is 2.21. The molecule has 1 aromatic heterocycles. The smallest absolute Gasteiger partial charge is 0.169 e. The van der Waals surface area contributed by atoms with Crippen LogP contribution in [0.25, 0.3) is 0 Å². The maximum absolute atomic E-state index is 9.25. The molecular formula is C13H17N5. The lowest BCUT2D eigenvalue weighted by atomic mass is 10.1. The number of nitriles is 2. The Hall–Kier alpha value is -2.14. The number of hydrogen-bond donors (Lipinski definition) is 0. The first-order valence-electron chi connectivity index (χ1n) is 5.93. The first kappa shape index (κ1) is 13.9. The summed E-state index contributed by atoms with van der Waals surface area (Å²) in [5, 5.41) is 26.3. The SMILES string of the molecule is CCN(CC(C)C#N)c1nnc(C)c(C)c1C#N. The van der Waals surface area contributed by atoms with Crippen molar-refractivity contribution in [3.8, 4) is 12.1 Å². The standard InChI is InChI=1S/C13H17N5/c1-5-18(8-9(2)6-14)13-12(7-15)10(3)11(4)16-17-13/h9H,5,8H2,1-4H3. The molecule has 5 nitrogen and oxygen atoms in total. The molecule has 0 aliphatic rings. The van der Waals surface area contributed by atoms with Crippen LogP contribution in [0.3, 0.4) is 0 Å². The summed E-state index contributed by atoms with van der Waals surface area (Å²) in [6, 6.07) is 4.37. The van der Waals surface area contributed by atoms with Crippen molar-refractivity contribution in [1.82, 2.24) is 10.2 Å². The van der Waals surface area contributed by atoms with Crippen LogP contribution in [-0.2, 0) is 0 Å². The Balaban J connectivity index is 3.19. The molecule has 0 spiro atoms. The maximum atomic E-state index is 9.25. The number of nitrogens with zero attached hydrogens (tertiary/aromatic N) is 5. The first-order chi connectivity index (χ1) is 8.54. The van der Waals surface area contributed by atoms with E-state index in [0.29, 0.717) is 24.5 Å². The van der Waals surface area contributed by atoms with Crippen molar-refractivity contribution in [3.63, 3.8) is 0 Å². The van der Waals surface area contributed by atoms with Crippen molar-refractivity contribution in [2.75, 3.05) is 18.0 Å². The summed E-state index contributed by atoms with van der Waals surface area (Å²) in [7, 11) is 0. The van der Waals surface area contributed by atoms with Crippen molar-refractivity contribution in [2.24, 2.45) is 5.92 Å². The van der Waals surface area contributed by atoms with E-state index in [-0.39, 0.29) is 5.92 Å². The summed E-state index contributed by atoms with van der Waals surface area (Å²) >= 11 is 0. The maximum Gasteiger partial charge on any atom is 0.169 e. The lowest BCUT2D eigenvalue weighted by Crippen LogP contribution is -2.30. The van der Waals surface area contributed by atoms with E-state index >= 15 is 0 Å². The minimum atomic E-state index is -0.111. The van der Waals surface area contributed by atoms with Crippen molar-refractivity contribution in [3.05, 3.63) is 16.8 Å². The van der Waals surface area contributed by atoms with Crippen LogP contribution in [0, 0.1) is 42.4 Å². The first-order valence-corrected chi connectivity index (χ1v) is 5.93. The molecule has 94 valence electrons. The largest absolute Gasteiger partial charge is 0.353 e. The third kappa shape index (κ3) is 2.75.